The van der Waals surface area contributed by atoms with Crippen molar-refractivity contribution in [3.05, 3.63) is 359 Å². The summed E-state index contributed by atoms with van der Waals surface area (Å²) in [5.74, 6) is -0.504. The molecule has 7 aliphatic heterocycles. The van der Waals surface area contributed by atoms with Crippen LogP contribution in [0.5, 0.6) is 0 Å². The molecule has 0 fully saturated rings. The SMILES string of the molecule is C.C.CC(C)(C)OC(=O)NCC1OCc2c(-c3ccncc3)cccc21.CC(C)(C)OC(=O)NC[C@@H]1OCc2c(-c3ccncc3)cccc21.CC(C)(C)OC(=O)NC[C@H]1OCc2c(-c3ccncc3)cccc21.Cl.Cl.NC[C@@H]1OCc2c(-c3ccncc3)cccc21.NC[C@H]1OCc2c(-c3ccncc3)cccc21.O=C1c2ccccc2C(=O)N1CC1OCc2c(-c3ccncc3)cccc21. The summed E-state index contributed by atoms with van der Waals surface area (Å²) >= 11 is 0. The van der Waals surface area contributed by atoms with Crippen LogP contribution in [0.1, 0.15) is 201 Å². The lowest BCUT2D eigenvalue weighted by Gasteiger charge is -2.20. The van der Waals surface area contributed by atoms with E-state index in [2.05, 4.69) is 125 Å². The van der Waals surface area contributed by atoms with Gasteiger partial charge in [0.05, 0.1) is 89.2 Å². The fourth-order valence-electron chi connectivity index (χ4n) is 16.9. The van der Waals surface area contributed by atoms with Gasteiger partial charge in [0.1, 0.15) is 41.2 Å². The van der Waals surface area contributed by atoms with Crippen LogP contribution in [-0.4, -0.2) is 121 Å². The molecule has 0 aliphatic carbocycles. The van der Waals surface area contributed by atoms with Crippen LogP contribution < -0.4 is 27.4 Å². The number of carbonyl (C=O) groups is 5. The molecule has 6 atom stereocenters. The van der Waals surface area contributed by atoms with Gasteiger partial charge in [-0.3, -0.25) is 44.4 Å². The van der Waals surface area contributed by atoms with Crippen LogP contribution >= 0.6 is 24.8 Å². The minimum absolute atomic E-state index is 0. The third-order valence-corrected chi connectivity index (χ3v) is 23.0. The van der Waals surface area contributed by atoms with Crippen LogP contribution in [0, 0.1) is 0 Å². The molecular formula is C109H120Cl2N12O14. The summed E-state index contributed by atoms with van der Waals surface area (Å²) in [7, 11) is 0. The molecule has 0 spiro atoms. The summed E-state index contributed by atoms with van der Waals surface area (Å²) in [4.78, 5) is 86.4. The molecule has 0 saturated heterocycles. The molecule has 13 heterocycles. The maximum atomic E-state index is 12.6. The fraction of sp³-hybridized carbons (Fsp3) is 0.294. The van der Waals surface area contributed by atoms with E-state index in [1.54, 1.807) is 73.8 Å². The molecule has 714 valence electrons. The summed E-state index contributed by atoms with van der Waals surface area (Å²) in [6.45, 7) is 22.4. The Labute approximate surface area is 813 Å². The number of carbonyl (C=O) groups excluding carboxylic acids is 5. The second kappa shape index (κ2) is 47.9. The number of hydrogen-bond acceptors (Lipinski definition) is 22. The van der Waals surface area contributed by atoms with E-state index in [4.69, 9.17) is 54.1 Å². The van der Waals surface area contributed by atoms with E-state index < -0.39 is 35.1 Å². The normalized spacial score (nSPS) is 16.7. The van der Waals surface area contributed by atoms with Crippen molar-refractivity contribution in [2.45, 2.75) is 170 Å². The first-order valence-corrected chi connectivity index (χ1v) is 44.4. The van der Waals surface area contributed by atoms with E-state index in [-0.39, 0.29) is 94.7 Å². The van der Waals surface area contributed by atoms with Gasteiger partial charge in [-0.25, -0.2) is 14.4 Å². The number of pyridine rings is 6. The summed E-state index contributed by atoms with van der Waals surface area (Å²) in [5.41, 5.74) is 38.5. The number of aromatic nitrogens is 6. The number of benzene rings is 7. The second-order valence-corrected chi connectivity index (χ2v) is 35.3. The molecule has 28 heteroatoms. The third-order valence-electron chi connectivity index (χ3n) is 23.0. The van der Waals surface area contributed by atoms with Gasteiger partial charge >= 0.3 is 18.3 Å². The standard InChI is InChI=1S/C22H16N2O3.3C19H22N2O3.2C14H14N2O.2CH4.2ClH/c25-21-17-4-1-2-5-18(17)22(26)24(21)12-20-16-7-3-6-15(19(16)13-27-20)14-8-10-23-11-9-14;3*1-19(2,3)24-18(22)21-11-17-15-6-4-5-14(16(15)12-23-17)13-7-9-20-10-8-13;2*15-8-14-12-3-1-2-11(13(12)9-17-14)10-4-6-16-7-5-10;;;;/h1-11,20H,12-13H2;3*4-10,17H,11-12H2,1-3H3,(H,21,22);2*1-7,14H,8-9,15H2;2*1H4;2*1H/t;2*17-;;2*14-;;;;/m.10.10..../s1. The lowest BCUT2D eigenvalue weighted by Crippen LogP contribution is -2.34. The zero-order valence-corrected chi connectivity index (χ0v) is 78.5. The molecule has 137 heavy (non-hydrogen) atoms. The van der Waals surface area contributed by atoms with Crippen LogP contribution in [0.15, 0.2) is 281 Å². The second-order valence-electron chi connectivity index (χ2n) is 35.3. The molecule has 7 aliphatic rings. The zero-order valence-electron chi connectivity index (χ0n) is 76.8. The van der Waals surface area contributed by atoms with Gasteiger partial charge in [-0.15, -0.1) is 24.8 Å². The number of fused-ring (bicyclic) bond motifs is 7. The lowest BCUT2D eigenvalue weighted by atomic mass is 9.95. The molecule has 7 N–H and O–H groups in total. The van der Waals surface area contributed by atoms with Gasteiger partial charge in [-0.2, -0.15) is 0 Å². The van der Waals surface area contributed by atoms with E-state index >= 15 is 0 Å². The topological polar surface area (TPSA) is 337 Å². The first kappa shape index (κ1) is 104. The predicted octanol–water partition coefficient (Wildman–Crippen LogP) is 21.8. The average molecular weight is 1890 g/mol. The monoisotopic (exact) mass is 1890 g/mol. The Kier molecular flexibility index (Phi) is 36.4. The first-order chi connectivity index (χ1) is 64.3. The van der Waals surface area contributed by atoms with E-state index in [1.165, 1.54) is 66.1 Å². The van der Waals surface area contributed by atoms with E-state index in [0.29, 0.717) is 83.5 Å². The Morgan fingerprint density at radius 3 is 0.701 bits per heavy atom. The molecule has 0 radical (unpaired) electrons. The predicted molar refractivity (Wildman–Crippen MR) is 534 cm³/mol. The molecule has 6 aromatic heterocycles. The van der Waals surface area contributed by atoms with Gasteiger partial charge in [0, 0.05) is 87.5 Å². The van der Waals surface area contributed by atoms with Crippen LogP contribution in [0.4, 0.5) is 14.4 Å². The van der Waals surface area contributed by atoms with Crippen LogP contribution in [-0.2, 0) is 82.3 Å². The number of halogens is 2. The summed E-state index contributed by atoms with van der Waals surface area (Å²) in [6, 6.07) is 68.0. The van der Waals surface area contributed by atoms with Gasteiger partial charge in [0.15, 0.2) is 0 Å². The van der Waals surface area contributed by atoms with Crippen molar-refractivity contribution in [1.29, 1.82) is 0 Å². The number of nitrogens with one attached hydrogen (secondary N) is 3. The Morgan fingerprint density at radius 2 is 0.489 bits per heavy atom. The van der Waals surface area contributed by atoms with Crippen molar-refractivity contribution >= 4 is 54.9 Å². The number of imide groups is 1. The fourth-order valence-corrected chi connectivity index (χ4v) is 16.9. The molecular weight excluding hydrogens is 1770 g/mol. The number of ether oxygens (including phenoxy) is 9. The molecule has 0 saturated carbocycles. The van der Waals surface area contributed by atoms with Crippen molar-refractivity contribution in [2.75, 3.05) is 39.3 Å². The summed E-state index contributed by atoms with van der Waals surface area (Å²) in [5, 5.41) is 8.36. The number of amides is 5. The average Bonchev–Trinajstić information content (AvgIpc) is 1.61. The summed E-state index contributed by atoms with van der Waals surface area (Å²) < 4.78 is 50.8. The number of rotatable bonds is 16. The van der Waals surface area contributed by atoms with Crippen molar-refractivity contribution in [3.8, 4) is 66.8 Å². The highest BCUT2D eigenvalue weighted by atomic mass is 35.5. The number of nitrogens with two attached hydrogens (primary N) is 2. The largest absolute Gasteiger partial charge is 0.444 e. The van der Waals surface area contributed by atoms with E-state index in [9.17, 15) is 24.0 Å². The van der Waals surface area contributed by atoms with Gasteiger partial charge in [0.2, 0.25) is 0 Å². The van der Waals surface area contributed by atoms with E-state index in [1.807, 2.05) is 190 Å². The smallest absolute Gasteiger partial charge is 0.407 e. The summed E-state index contributed by atoms with van der Waals surface area (Å²) in [6.07, 6.45) is 19.5. The molecule has 0 bridgehead atoms. The van der Waals surface area contributed by atoms with Gasteiger partial charge in [-0.1, -0.05) is 136 Å². The Balaban J connectivity index is 0.000000158. The van der Waals surface area contributed by atoms with Crippen molar-refractivity contribution in [3.63, 3.8) is 0 Å². The minimum atomic E-state index is -0.507. The van der Waals surface area contributed by atoms with E-state index in [0.717, 1.165) is 72.3 Å². The molecule has 7 aromatic carbocycles. The van der Waals surface area contributed by atoms with Crippen molar-refractivity contribution in [2.24, 2.45) is 11.5 Å². The highest BCUT2D eigenvalue weighted by Gasteiger charge is 2.40. The third kappa shape index (κ3) is 26.1. The Bertz CT molecular complexity index is 5780. The number of nitrogens with zero attached hydrogens (tertiary/aromatic N) is 7. The highest BCUT2D eigenvalue weighted by Crippen LogP contribution is 2.44. The van der Waals surface area contributed by atoms with Crippen molar-refractivity contribution in [1.82, 2.24) is 50.8 Å². The Morgan fingerprint density at radius 1 is 0.299 bits per heavy atom. The number of hydrogen-bond donors (Lipinski definition) is 5. The molecule has 2 unspecified atom stereocenters. The van der Waals surface area contributed by atoms with Gasteiger partial charge in [-0.05, 0) is 281 Å². The zero-order chi connectivity index (χ0) is 93.2. The molecule has 20 rings (SSSR count). The quantitative estimate of drug-likeness (QED) is 0.0443. The van der Waals surface area contributed by atoms with Gasteiger partial charge < -0.3 is 70.0 Å². The Hall–Kier alpha value is -13.4. The minimum Gasteiger partial charge on any atom is -0.444 e. The first-order valence-electron chi connectivity index (χ1n) is 44.4. The van der Waals surface area contributed by atoms with Gasteiger partial charge in [0.25, 0.3) is 11.8 Å². The highest BCUT2D eigenvalue weighted by molar-refractivity contribution is 6.21. The maximum absolute atomic E-state index is 12.6. The van der Waals surface area contributed by atoms with Crippen LogP contribution in [0.25, 0.3) is 66.8 Å². The molecule has 13 aromatic rings. The molecule has 26 nitrogen and oxygen atoms in total. The van der Waals surface area contributed by atoms with Crippen LogP contribution in [0.3, 0.4) is 0 Å². The molecule has 5 amide bonds. The number of alkyl carbamates (subject to hydrolysis) is 3. The lowest BCUT2D eigenvalue weighted by molar-refractivity contribution is 0.0313. The van der Waals surface area contributed by atoms with Crippen molar-refractivity contribution < 1.29 is 66.6 Å². The van der Waals surface area contributed by atoms with Crippen LogP contribution in [0.2, 0.25) is 0 Å². The maximum Gasteiger partial charge on any atom is 0.407 e.